The molecule has 8 heteroatoms. The first-order valence-electron chi connectivity index (χ1n) is 9.94. The summed E-state index contributed by atoms with van der Waals surface area (Å²) < 4.78 is 27.6. The van der Waals surface area contributed by atoms with Crippen molar-refractivity contribution in [2.24, 2.45) is 4.99 Å². The van der Waals surface area contributed by atoms with Crippen molar-refractivity contribution in [3.05, 3.63) is 35.4 Å². The summed E-state index contributed by atoms with van der Waals surface area (Å²) in [5.74, 6) is 0.962. The standard InChI is InChI=1S/C20H34N4O3S/c1-4-21-20(22-8-13-27-14-15-28(3,25)26)24-11-9-23(10-12-24)17-19-7-5-6-18(2)16-19/h5-7,16H,4,8-15,17H2,1-3H3,(H,21,22). The number of rotatable bonds is 9. The van der Waals surface area contributed by atoms with Gasteiger partial charge in [0, 0.05) is 45.5 Å². The molecule has 7 nitrogen and oxygen atoms in total. The first-order chi connectivity index (χ1) is 13.4. The number of piperazine rings is 1. The molecule has 2 rings (SSSR count). The Balaban J connectivity index is 1.76. The zero-order valence-electron chi connectivity index (χ0n) is 17.4. The fourth-order valence-corrected chi connectivity index (χ4v) is 3.56. The van der Waals surface area contributed by atoms with Crippen LogP contribution in [0.2, 0.25) is 0 Å². The smallest absolute Gasteiger partial charge is 0.194 e. The summed E-state index contributed by atoms with van der Waals surface area (Å²) in [6.07, 6.45) is 1.22. The van der Waals surface area contributed by atoms with Crippen molar-refractivity contribution in [2.75, 3.05) is 64.5 Å². The van der Waals surface area contributed by atoms with Crippen LogP contribution in [0.3, 0.4) is 0 Å². The Morgan fingerprint density at radius 2 is 1.96 bits per heavy atom. The zero-order valence-corrected chi connectivity index (χ0v) is 18.2. The predicted octanol–water partition coefficient (Wildman–Crippen LogP) is 1.14. The maximum absolute atomic E-state index is 11.1. The molecule has 0 atom stereocenters. The molecule has 0 bridgehead atoms. The van der Waals surface area contributed by atoms with Crippen molar-refractivity contribution < 1.29 is 13.2 Å². The molecule has 0 aliphatic carbocycles. The van der Waals surface area contributed by atoms with Crippen LogP contribution in [0, 0.1) is 6.92 Å². The second-order valence-electron chi connectivity index (χ2n) is 7.23. The number of nitrogens with zero attached hydrogens (tertiary/aromatic N) is 3. The van der Waals surface area contributed by atoms with Crippen molar-refractivity contribution in [1.82, 2.24) is 15.1 Å². The molecule has 1 saturated heterocycles. The van der Waals surface area contributed by atoms with E-state index in [0.29, 0.717) is 13.2 Å². The molecule has 1 aliphatic rings. The molecule has 158 valence electrons. The molecule has 0 aromatic heterocycles. The van der Waals surface area contributed by atoms with Crippen LogP contribution >= 0.6 is 0 Å². The monoisotopic (exact) mass is 410 g/mol. The first kappa shape index (κ1) is 22.6. The van der Waals surface area contributed by atoms with Gasteiger partial charge in [0.15, 0.2) is 5.96 Å². The molecular formula is C20H34N4O3S. The first-order valence-corrected chi connectivity index (χ1v) is 12.0. The van der Waals surface area contributed by atoms with Crippen molar-refractivity contribution in [3.63, 3.8) is 0 Å². The summed E-state index contributed by atoms with van der Waals surface area (Å²) in [7, 11) is -2.97. The number of hydrogen-bond donors (Lipinski definition) is 1. The molecule has 28 heavy (non-hydrogen) atoms. The lowest BCUT2D eigenvalue weighted by Gasteiger charge is -2.36. The summed E-state index contributed by atoms with van der Waals surface area (Å²) in [5.41, 5.74) is 2.66. The molecule has 0 amide bonds. The van der Waals surface area contributed by atoms with Crippen LogP contribution in [0.4, 0.5) is 0 Å². The van der Waals surface area contributed by atoms with E-state index in [4.69, 9.17) is 4.74 Å². The molecule has 1 N–H and O–H groups in total. The predicted molar refractivity (Wildman–Crippen MR) is 115 cm³/mol. The minimum absolute atomic E-state index is 0.0552. The van der Waals surface area contributed by atoms with Gasteiger partial charge >= 0.3 is 0 Å². The number of ether oxygens (including phenoxy) is 1. The molecule has 1 fully saturated rings. The lowest BCUT2D eigenvalue weighted by molar-refractivity contribution is 0.155. The number of benzene rings is 1. The summed E-state index contributed by atoms with van der Waals surface area (Å²) in [5, 5.41) is 3.35. The molecule has 1 aliphatic heterocycles. The number of sulfone groups is 1. The molecule has 0 spiro atoms. The molecule has 0 saturated carbocycles. The van der Waals surface area contributed by atoms with E-state index in [-0.39, 0.29) is 12.4 Å². The van der Waals surface area contributed by atoms with E-state index in [9.17, 15) is 8.42 Å². The SMILES string of the molecule is CCNC(=NCCOCCS(C)(=O)=O)N1CCN(Cc2cccc(C)c2)CC1. The fraction of sp³-hybridized carbons (Fsp3) is 0.650. The van der Waals surface area contributed by atoms with Gasteiger partial charge in [-0.3, -0.25) is 9.89 Å². The van der Waals surface area contributed by atoms with Gasteiger partial charge in [0.25, 0.3) is 0 Å². The lowest BCUT2D eigenvalue weighted by atomic mass is 10.1. The Hall–Kier alpha value is -1.64. The molecular weight excluding hydrogens is 376 g/mol. The topological polar surface area (TPSA) is 74.2 Å². The van der Waals surface area contributed by atoms with E-state index in [1.807, 2.05) is 0 Å². The van der Waals surface area contributed by atoms with Gasteiger partial charge in [-0.05, 0) is 19.4 Å². The van der Waals surface area contributed by atoms with Gasteiger partial charge in [-0.2, -0.15) is 0 Å². The maximum atomic E-state index is 11.1. The third-order valence-electron chi connectivity index (χ3n) is 4.59. The van der Waals surface area contributed by atoms with Gasteiger partial charge < -0.3 is 15.0 Å². The van der Waals surface area contributed by atoms with Gasteiger partial charge in [0.05, 0.1) is 25.5 Å². The van der Waals surface area contributed by atoms with Crippen LogP contribution in [-0.2, 0) is 21.1 Å². The van der Waals surface area contributed by atoms with E-state index < -0.39 is 9.84 Å². The highest BCUT2D eigenvalue weighted by Crippen LogP contribution is 2.10. The summed E-state index contributed by atoms with van der Waals surface area (Å²) >= 11 is 0. The molecule has 1 heterocycles. The number of nitrogens with one attached hydrogen (secondary N) is 1. The third-order valence-corrected chi connectivity index (χ3v) is 5.50. The van der Waals surface area contributed by atoms with Crippen molar-refractivity contribution >= 4 is 15.8 Å². The van der Waals surface area contributed by atoms with Gasteiger partial charge in [0.2, 0.25) is 0 Å². The Morgan fingerprint density at radius 3 is 2.61 bits per heavy atom. The van der Waals surface area contributed by atoms with Crippen molar-refractivity contribution in [2.45, 2.75) is 20.4 Å². The van der Waals surface area contributed by atoms with Gasteiger partial charge in [-0.25, -0.2) is 8.42 Å². The van der Waals surface area contributed by atoms with Crippen molar-refractivity contribution in [1.29, 1.82) is 0 Å². The zero-order chi connectivity index (χ0) is 20.4. The Labute approximate surface area is 169 Å². The van der Waals surface area contributed by atoms with Crippen LogP contribution < -0.4 is 5.32 Å². The van der Waals surface area contributed by atoms with Gasteiger partial charge in [-0.1, -0.05) is 29.8 Å². The number of aliphatic imine (C=N–C) groups is 1. The Kier molecular flexibility index (Phi) is 9.21. The Bertz CT molecular complexity index is 729. The van der Waals surface area contributed by atoms with Crippen molar-refractivity contribution in [3.8, 4) is 0 Å². The van der Waals surface area contributed by atoms with Crippen LogP contribution in [-0.4, -0.2) is 88.7 Å². The fourth-order valence-electron chi connectivity index (χ4n) is 3.14. The van der Waals surface area contributed by atoms with E-state index in [1.165, 1.54) is 17.4 Å². The third kappa shape index (κ3) is 8.58. The normalized spacial score (nSPS) is 16.4. The highest BCUT2D eigenvalue weighted by molar-refractivity contribution is 7.90. The largest absolute Gasteiger partial charge is 0.378 e. The summed E-state index contributed by atoms with van der Waals surface area (Å²) in [6, 6.07) is 8.69. The second kappa shape index (κ2) is 11.4. The summed E-state index contributed by atoms with van der Waals surface area (Å²) in [4.78, 5) is 9.39. The second-order valence-corrected chi connectivity index (χ2v) is 9.49. The van der Waals surface area contributed by atoms with Crippen LogP contribution in [0.15, 0.2) is 29.3 Å². The molecule has 0 radical (unpaired) electrons. The van der Waals surface area contributed by atoms with Gasteiger partial charge in [0.1, 0.15) is 9.84 Å². The molecule has 1 aromatic rings. The quantitative estimate of drug-likeness (QED) is 0.374. The minimum Gasteiger partial charge on any atom is -0.378 e. The van der Waals surface area contributed by atoms with E-state index in [1.54, 1.807) is 0 Å². The minimum atomic E-state index is -2.97. The number of hydrogen-bond acceptors (Lipinski definition) is 5. The lowest BCUT2D eigenvalue weighted by Crippen LogP contribution is -2.52. The maximum Gasteiger partial charge on any atom is 0.194 e. The van der Waals surface area contributed by atoms with Crippen LogP contribution in [0.5, 0.6) is 0 Å². The van der Waals surface area contributed by atoms with E-state index >= 15 is 0 Å². The van der Waals surface area contributed by atoms with Gasteiger partial charge in [-0.15, -0.1) is 0 Å². The molecule has 0 unspecified atom stereocenters. The summed E-state index contributed by atoms with van der Waals surface area (Å²) in [6.45, 7) is 11.0. The Morgan fingerprint density at radius 1 is 1.21 bits per heavy atom. The average molecular weight is 411 g/mol. The van der Waals surface area contributed by atoms with E-state index in [0.717, 1.165) is 45.2 Å². The van der Waals surface area contributed by atoms with Crippen LogP contribution in [0.1, 0.15) is 18.1 Å². The van der Waals surface area contributed by atoms with Crippen LogP contribution in [0.25, 0.3) is 0 Å². The number of guanidine groups is 1. The molecule has 1 aromatic carbocycles. The highest BCUT2D eigenvalue weighted by Gasteiger charge is 2.19. The highest BCUT2D eigenvalue weighted by atomic mass is 32.2. The average Bonchev–Trinajstić information content (AvgIpc) is 2.63. The number of aryl methyl sites for hydroxylation is 1. The van der Waals surface area contributed by atoms with E-state index in [2.05, 4.69) is 58.2 Å².